The van der Waals surface area contributed by atoms with Gasteiger partial charge in [-0.2, -0.15) is 4.72 Å². The van der Waals surface area contributed by atoms with Crippen LogP contribution in [0.5, 0.6) is 0 Å². The molecule has 116 valence electrons. The van der Waals surface area contributed by atoms with E-state index in [9.17, 15) is 23.3 Å². The predicted octanol–water partition coefficient (Wildman–Crippen LogP) is 1.20. The molecule has 0 bridgehead atoms. The summed E-state index contributed by atoms with van der Waals surface area (Å²) in [5.74, 6) is -0.767. The van der Waals surface area contributed by atoms with Gasteiger partial charge in [-0.15, -0.1) is 0 Å². The zero-order valence-corrected chi connectivity index (χ0v) is 13.4. The summed E-state index contributed by atoms with van der Waals surface area (Å²) in [6.07, 6.45) is 0.145. The molecule has 1 aromatic carbocycles. The van der Waals surface area contributed by atoms with Crippen molar-refractivity contribution in [2.45, 2.75) is 17.4 Å². The van der Waals surface area contributed by atoms with Crippen molar-refractivity contribution in [3.8, 4) is 0 Å². The van der Waals surface area contributed by atoms with E-state index in [-0.39, 0.29) is 6.42 Å². The number of methoxy groups -OCH3 is 1. The van der Waals surface area contributed by atoms with Gasteiger partial charge in [-0.05, 0) is 12.5 Å². The molecule has 1 N–H and O–H groups in total. The van der Waals surface area contributed by atoms with Crippen LogP contribution in [0.15, 0.2) is 29.2 Å². The highest BCUT2D eigenvalue weighted by Gasteiger charge is 2.30. The normalized spacial score (nSPS) is 12.7. The van der Waals surface area contributed by atoms with E-state index >= 15 is 0 Å². The summed E-state index contributed by atoms with van der Waals surface area (Å²) in [6, 6.07) is 3.76. The Morgan fingerprint density at radius 2 is 2.10 bits per heavy atom. The number of nitrogens with one attached hydrogen (secondary N) is 1. The number of sulfonamides is 1. The first-order valence-electron chi connectivity index (χ1n) is 5.73. The number of esters is 1. The number of halogens is 1. The van der Waals surface area contributed by atoms with Crippen molar-refractivity contribution >= 4 is 37.6 Å². The fraction of sp³-hybridized carbons (Fsp3) is 0.364. The van der Waals surface area contributed by atoms with Gasteiger partial charge in [0.05, 0.1) is 12.0 Å². The van der Waals surface area contributed by atoms with Crippen molar-refractivity contribution in [1.29, 1.82) is 0 Å². The van der Waals surface area contributed by atoms with E-state index in [0.717, 1.165) is 19.2 Å². The quantitative estimate of drug-likeness (QED) is 0.328. The van der Waals surface area contributed by atoms with Gasteiger partial charge in [0, 0.05) is 11.4 Å². The van der Waals surface area contributed by atoms with Crippen LogP contribution in [-0.4, -0.2) is 37.8 Å². The zero-order valence-electron chi connectivity index (χ0n) is 11.0. The Bertz CT molecular complexity index is 633. The third-order valence-corrected chi connectivity index (χ3v) is 4.51. The molecular formula is C11H13BrN2O6S. The van der Waals surface area contributed by atoms with Crippen LogP contribution in [0.2, 0.25) is 0 Å². The maximum absolute atomic E-state index is 12.2. The van der Waals surface area contributed by atoms with Crippen LogP contribution in [0.3, 0.4) is 0 Å². The largest absolute Gasteiger partial charge is 0.468 e. The van der Waals surface area contributed by atoms with E-state index in [1.165, 1.54) is 12.1 Å². The van der Waals surface area contributed by atoms with Crippen LogP contribution in [-0.2, 0) is 19.6 Å². The number of ether oxygens (including phenoxy) is 1. The van der Waals surface area contributed by atoms with Crippen LogP contribution >= 0.6 is 15.9 Å². The van der Waals surface area contributed by atoms with E-state index in [0.29, 0.717) is 5.33 Å². The fourth-order valence-corrected chi connectivity index (χ4v) is 3.41. The van der Waals surface area contributed by atoms with E-state index < -0.39 is 37.5 Å². The Labute approximate surface area is 129 Å². The van der Waals surface area contributed by atoms with Crippen molar-refractivity contribution < 1.29 is 22.9 Å². The minimum atomic E-state index is -4.23. The fourth-order valence-electron chi connectivity index (χ4n) is 1.56. The second-order valence-electron chi connectivity index (χ2n) is 3.90. The maximum atomic E-state index is 12.2. The molecule has 0 heterocycles. The number of hydrogen-bond acceptors (Lipinski definition) is 6. The highest BCUT2D eigenvalue weighted by atomic mass is 79.9. The smallest absolute Gasteiger partial charge is 0.323 e. The molecule has 0 aliphatic rings. The van der Waals surface area contributed by atoms with Crippen LogP contribution < -0.4 is 4.72 Å². The lowest BCUT2D eigenvalue weighted by atomic mass is 10.2. The molecule has 0 aliphatic carbocycles. The number of rotatable bonds is 7. The number of nitro benzene ring substituents is 1. The third-order valence-electron chi connectivity index (χ3n) is 2.53. The van der Waals surface area contributed by atoms with E-state index in [1.807, 2.05) is 0 Å². The molecule has 1 aromatic rings. The second-order valence-corrected chi connectivity index (χ2v) is 6.37. The Kier molecular flexibility index (Phi) is 6.24. The van der Waals surface area contributed by atoms with Crippen molar-refractivity contribution in [1.82, 2.24) is 4.72 Å². The third kappa shape index (κ3) is 4.48. The Morgan fingerprint density at radius 1 is 1.48 bits per heavy atom. The van der Waals surface area contributed by atoms with Crippen molar-refractivity contribution in [3.05, 3.63) is 34.4 Å². The summed E-state index contributed by atoms with van der Waals surface area (Å²) in [5.41, 5.74) is -0.563. The van der Waals surface area contributed by atoms with E-state index in [2.05, 4.69) is 25.4 Å². The van der Waals surface area contributed by atoms with Gasteiger partial charge in [-0.1, -0.05) is 28.1 Å². The molecule has 10 heteroatoms. The summed E-state index contributed by atoms with van der Waals surface area (Å²) >= 11 is 3.10. The van der Waals surface area contributed by atoms with Gasteiger partial charge in [0.15, 0.2) is 4.90 Å². The molecule has 0 aromatic heterocycles. The van der Waals surface area contributed by atoms with Crippen LogP contribution in [0, 0.1) is 10.1 Å². The topological polar surface area (TPSA) is 116 Å². The van der Waals surface area contributed by atoms with Crippen molar-refractivity contribution in [2.75, 3.05) is 12.4 Å². The summed E-state index contributed by atoms with van der Waals surface area (Å²) < 4.78 is 31.1. The number of carbonyl (C=O) groups is 1. The van der Waals surface area contributed by atoms with Gasteiger partial charge in [0.2, 0.25) is 10.0 Å². The molecule has 0 saturated heterocycles. The molecule has 1 atom stereocenters. The number of alkyl halides is 1. The van der Waals surface area contributed by atoms with Crippen LogP contribution in [0.25, 0.3) is 0 Å². The molecule has 0 saturated carbocycles. The molecule has 21 heavy (non-hydrogen) atoms. The van der Waals surface area contributed by atoms with E-state index in [1.54, 1.807) is 0 Å². The summed E-state index contributed by atoms with van der Waals surface area (Å²) in [7, 11) is -3.10. The highest BCUT2D eigenvalue weighted by molar-refractivity contribution is 9.09. The Morgan fingerprint density at radius 3 is 2.62 bits per heavy atom. The van der Waals surface area contributed by atoms with Crippen molar-refractivity contribution in [3.63, 3.8) is 0 Å². The Balaban J connectivity index is 3.16. The number of benzene rings is 1. The van der Waals surface area contributed by atoms with Gasteiger partial charge < -0.3 is 4.74 Å². The molecule has 0 amide bonds. The molecule has 1 rings (SSSR count). The van der Waals surface area contributed by atoms with Crippen molar-refractivity contribution in [2.24, 2.45) is 0 Å². The first-order valence-corrected chi connectivity index (χ1v) is 8.33. The zero-order chi connectivity index (χ0) is 16.0. The molecule has 8 nitrogen and oxygen atoms in total. The van der Waals surface area contributed by atoms with Gasteiger partial charge >= 0.3 is 5.97 Å². The molecule has 0 fully saturated rings. The van der Waals surface area contributed by atoms with Crippen LogP contribution in [0.4, 0.5) is 5.69 Å². The molecule has 0 radical (unpaired) electrons. The average molecular weight is 381 g/mol. The molecule has 0 spiro atoms. The molecule has 0 unspecified atom stereocenters. The monoisotopic (exact) mass is 380 g/mol. The first kappa shape index (κ1) is 17.5. The minimum Gasteiger partial charge on any atom is -0.468 e. The number of nitro groups is 1. The number of nitrogens with zero attached hydrogens (tertiary/aromatic N) is 1. The SMILES string of the molecule is COC(=O)[C@@H](CCBr)NS(=O)(=O)c1ccccc1[N+](=O)[O-]. The predicted molar refractivity (Wildman–Crippen MR) is 77.6 cm³/mol. The van der Waals surface area contributed by atoms with Gasteiger partial charge in [-0.3, -0.25) is 14.9 Å². The standard InChI is InChI=1S/C11H13BrN2O6S/c1-20-11(15)8(6-7-12)13-21(18,19)10-5-3-2-4-9(10)14(16)17/h2-5,8,13H,6-7H2,1H3/t8-/m1/s1. The number of carbonyl (C=O) groups excluding carboxylic acids is 1. The minimum absolute atomic E-state index is 0.145. The van der Waals surface area contributed by atoms with Crippen LogP contribution in [0.1, 0.15) is 6.42 Å². The molecule has 0 aliphatic heterocycles. The first-order chi connectivity index (χ1) is 9.83. The molecular weight excluding hydrogens is 368 g/mol. The van der Waals surface area contributed by atoms with E-state index in [4.69, 9.17) is 0 Å². The lowest BCUT2D eigenvalue weighted by molar-refractivity contribution is -0.387. The number of para-hydroxylation sites is 1. The van der Waals surface area contributed by atoms with Gasteiger partial charge in [0.1, 0.15) is 6.04 Å². The lowest BCUT2D eigenvalue weighted by Crippen LogP contribution is -2.41. The van der Waals surface area contributed by atoms with Gasteiger partial charge in [-0.25, -0.2) is 8.42 Å². The Hall–Kier alpha value is -1.52. The summed E-state index contributed by atoms with van der Waals surface area (Å²) in [4.78, 5) is 21.1. The summed E-state index contributed by atoms with van der Waals surface area (Å²) in [6.45, 7) is 0. The lowest BCUT2D eigenvalue weighted by Gasteiger charge is -2.15. The average Bonchev–Trinajstić information content (AvgIpc) is 2.45. The highest BCUT2D eigenvalue weighted by Crippen LogP contribution is 2.23. The second kappa shape index (κ2) is 7.48. The summed E-state index contributed by atoms with van der Waals surface area (Å²) in [5, 5.41) is 11.2. The maximum Gasteiger partial charge on any atom is 0.323 e. The van der Waals surface area contributed by atoms with Gasteiger partial charge in [0.25, 0.3) is 5.69 Å². The number of hydrogen-bond donors (Lipinski definition) is 1.